The Morgan fingerprint density at radius 3 is 2.76 bits per heavy atom. The molecule has 1 aromatic heterocycles. The zero-order valence-corrected chi connectivity index (χ0v) is 11.1. The van der Waals surface area contributed by atoms with Crippen molar-refractivity contribution in [1.82, 2.24) is 9.78 Å². The lowest BCUT2D eigenvalue weighted by molar-refractivity contribution is 0.182. The van der Waals surface area contributed by atoms with Crippen molar-refractivity contribution in [2.45, 2.75) is 6.54 Å². The summed E-state index contributed by atoms with van der Waals surface area (Å²) in [5.41, 5.74) is 0. The Labute approximate surface area is 108 Å². The van der Waals surface area contributed by atoms with E-state index in [2.05, 4.69) is 21.0 Å². The average molecular weight is 297 g/mol. The maximum Gasteiger partial charge on any atom is 0.179 e. The van der Waals surface area contributed by atoms with Crippen molar-refractivity contribution in [1.29, 1.82) is 0 Å². The van der Waals surface area contributed by atoms with Gasteiger partial charge in [-0.3, -0.25) is 4.68 Å². The molecule has 0 amide bonds. The Bertz CT molecular complexity index is 471. The lowest BCUT2D eigenvalue weighted by atomic mass is 10.3. The molecule has 0 fully saturated rings. The van der Waals surface area contributed by atoms with Crippen LogP contribution < -0.4 is 4.74 Å². The zero-order valence-electron chi connectivity index (χ0n) is 9.47. The first-order valence-electron chi connectivity index (χ1n) is 5.24. The smallest absolute Gasteiger partial charge is 0.179 e. The van der Waals surface area contributed by atoms with Crippen LogP contribution in [0.4, 0.5) is 0 Å². The van der Waals surface area contributed by atoms with Crippen molar-refractivity contribution in [3.05, 3.63) is 41.1 Å². The van der Waals surface area contributed by atoms with E-state index in [4.69, 9.17) is 9.47 Å². The van der Waals surface area contributed by atoms with Crippen LogP contribution in [0, 0.1) is 0 Å². The maximum atomic E-state index is 5.70. The standard InChI is InChI=1S/C12H13BrN2O2/c1-16-8-7-15-12(13)11(9-14-15)17-10-5-3-2-4-6-10/h2-6,9H,7-8H2,1H3. The Hall–Kier alpha value is -1.33. The summed E-state index contributed by atoms with van der Waals surface area (Å²) in [6.45, 7) is 1.31. The fourth-order valence-corrected chi connectivity index (χ4v) is 1.82. The summed E-state index contributed by atoms with van der Waals surface area (Å²) in [6, 6.07) is 9.61. The topological polar surface area (TPSA) is 36.3 Å². The van der Waals surface area contributed by atoms with E-state index < -0.39 is 0 Å². The number of methoxy groups -OCH3 is 1. The van der Waals surface area contributed by atoms with E-state index in [0.29, 0.717) is 18.9 Å². The van der Waals surface area contributed by atoms with Gasteiger partial charge in [0, 0.05) is 7.11 Å². The summed E-state index contributed by atoms with van der Waals surface area (Å²) in [7, 11) is 1.67. The van der Waals surface area contributed by atoms with Crippen LogP contribution in [0.3, 0.4) is 0 Å². The van der Waals surface area contributed by atoms with Gasteiger partial charge in [0.05, 0.1) is 19.3 Å². The van der Waals surface area contributed by atoms with Gasteiger partial charge >= 0.3 is 0 Å². The van der Waals surface area contributed by atoms with Gasteiger partial charge in [0.2, 0.25) is 0 Å². The monoisotopic (exact) mass is 296 g/mol. The quantitative estimate of drug-likeness (QED) is 0.851. The second kappa shape index (κ2) is 5.84. The highest BCUT2D eigenvalue weighted by Gasteiger charge is 2.09. The number of hydrogen-bond acceptors (Lipinski definition) is 3. The normalized spacial score (nSPS) is 10.5. The largest absolute Gasteiger partial charge is 0.453 e. The Kier molecular flexibility index (Phi) is 4.17. The minimum absolute atomic E-state index is 0.616. The summed E-state index contributed by atoms with van der Waals surface area (Å²) in [4.78, 5) is 0. The molecule has 0 aliphatic carbocycles. The van der Waals surface area contributed by atoms with E-state index in [9.17, 15) is 0 Å². The molecule has 0 aliphatic heterocycles. The van der Waals surface area contributed by atoms with Gasteiger partial charge in [0.25, 0.3) is 0 Å². The lowest BCUT2D eigenvalue weighted by Gasteiger charge is -2.05. The second-order valence-electron chi connectivity index (χ2n) is 3.43. The van der Waals surface area contributed by atoms with E-state index in [1.54, 1.807) is 18.0 Å². The van der Waals surface area contributed by atoms with Crippen LogP contribution in [0.1, 0.15) is 0 Å². The number of halogens is 1. The highest BCUT2D eigenvalue weighted by molar-refractivity contribution is 9.10. The molecule has 2 rings (SSSR count). The Balaban J connectivity index is 2.09. The molecule has 0 saturated heterocycles. The highest BCUT2D eigenvalue weighted by Crippen LogP contribution is 2.29. The van der Waals surface area contributed by atoms with Crippen LogP contribution >= 0.6 is 15.9 Å². The van der Waals surface area contributed by atoms with Crippen LogP contribution in [0.5, 0.6) is 11.5 Å². The van der Waals surface area contributed by atoms with E-state index in [1.807, 2.05) is 30.3 Å². The number of hydrogen-bond donors (Lipinski definition) is 0. The summed E-state index contributed by atoms with van der Waals surface area (Å²) in [6.07, 6.45) is 1.69. The second-order valence-corrected chi connectivity index (χ2v) is 4.18. The van der Waals surface area contributed by atoms with Gasteiger partial charge in [0.15, 0.2) is 5.75 Å². The number of nitrogens with zero attached hydrogens (tertiary/aromatic N) is 2. The van der Waals surface area contributed by atoms with Crippen LogP contribution in [-0.4, -0.2) is 23.5 Å². The lowest BCUT2D eigenvalue weighted by Crippen LogP contribution is -2.05. The molecule has 0 unspecified atom stereocenters. The molecular formula is C12H13BrN2O2. The minimum atomic E-state index is 0.616. The molecule has 4 nitrogen and oxygen atoms in total. The van der Waals surface area contributed by atoms with Gasteiger partial charge < -0.3 is 9.47 Å². The molecule has 1 heterocycles. The molecule has 90 valence electrons. The van der Waals surface area contributed by atoms with E-state index in [-0.39, 0.29) is 0 Å². The van der Waals surface area contributed by atoms with Crippen molar-refractivity contribution in [2.24, 2.45) is 0 Å². The number of para-hydroxylation sites is 1. The fraction of sp³-hybridized carbons (Fsp3) is 0.250. The van der Waals surface area contributed by atoms with Gasteiger partial charge in [-0.25, -0.2) is 0 Å². The number of rotatable bonds is 5. The SMILES string of the molecule is COCCn1ncc(Oc2ccccc2)c1Br. The van der Waals surface area contributed by atoms with Gasteiger partial charge in [-0.2, -0.15) is 5.10 Å². The van der Waals surface area contributed by atoms with Crippen LogP contribution in [0.2, 0.25) is 0 Å². The van der Waals surface area contributed by atoms with E-state index >= 15 is 0 Å². The predicted octanol–water partition coefficient (Wildman–Crippen LogP) is 3.08. The molecule has 0 bridgehead atoms. The van der Waals surface area contributed by atoms with Crippen molar-refractivity contribution >= 4 is 15.9 Å². The van der Waals surface area contributed by atoms with Crippen LogP contribution in [-0.2, 0) is 11.3 Å². The summed E-state index contributed by atoms with van der Waals surface area (Å²) < 4.78 is 13.3. The van der Waals surface area contributed by atoms with Gasteiger partial charge in [-0.15, -0.1) is 0 Å². The first-order chi connectivity index (χ1) is 8.31. The van der Waals surface area contributed by atoms with Gasteiger partial charge in [-0.05, 0) is 28.1 Å². The molecule has 0 radical (unpaired) electrons. The third-order valence-corrected chi connectivity index (χ3v) is 3.02. The minimum Gasteiger partial charge on any atom is -0.453 e. The number of ether oxygens (including phenoxy) is 2. The zero-order chi connectivity index (χ0) is 12.1. The van der Waals surface area contributed by atoms with E-state index in [1.165, 1.54) is 0 Å². The first-order valence-corrected chi connectivity index (χ1v) is 6.03. The Morgan fingerprint density at radius 2 is 2.06 bits per heavy atom. The molecule has 17 heavy (non-hydrogen) atoms. The Morgan fingerprint density at radius 1 is 1.29 bits per heavy atom. The molecule has 0 spiro atoms. The average Bonchev–Trinajstić information content (AvgIpc) is 2.70. The van der Waals surface area contributed by atoms with Crippen molar-refractivity contribution in [3.63, 3.8) is 0 Å². The molecule has 5 heteroatoms. The summed E-state index contributed by atoms with van der Waals surface area (Å²) >= 11 is 3.46. The van der Waals surface area contributed by atoms with Gasteiger partial charge in [-0.1, -0.05) is 18.2 Å². The fourth-order valence-electron chi connectivity index (χ4n) is 1.37. The molecule has 1 aromatic carbocycles. The van der Waals surface area contributed by atoms with Crippen molar-refractivity contribution in [3.8, 4) is 11.5 Å². The van der Waals surface area contributed by atoms with Crippen molar-refractivity contribution in [2.75, 3.05) is 13.7 Å². The third-order valence-electron chi connectivity index (χ3n) is 2.22. The summed E-state index contributed by atoms with van der Waals surface area (Å²) in [5, 5.41) is 4.21. The van der Waals surface area contributed by atoms with Crippen LogP contribution in [0.25, 0.3) is 0 Å². The molecule has 0 aliphatic rings. The van der Waals surface area contributed by atoms with E-state index in [0.717, 1.165) is 10.4 Å². The third kappa shape index (κ3) is 3.08. The predicted molar refractivity (Wildman–Crippen MR) is 68.3 cm³/mol. The molecular weight excluding hydrogens is 284 g/mol. The summed E-state index contributed by atoms with van der Waals surface area (Å²) in [5.74, 6) is 1.49. The maximum absolute atomic E-state index is 5.70. The molecule has 0 atom stereocenters. The molecule has 0 N–H and O–H groups in total. The molecule has 0 saturated carbocycles. The number of benzene rings is 1. The highest BCUT2D eigenvalue weighted by atomic mass is 79.9. The van der Waals surface area contributed by atoms with Gasteiger partial charge in [0.1, 0.15) is 10.4 Å². The first kappa shape index (κ1) is 12.1. The number of aromatic nitrogens is 2. The molecule has 2 aromatic rings. The van der Waals surface area contributed by atoms with Crippen LogP contribution in [0.15, 0.2) is 41.1 Å². The van der Waals surface area contributed by atoms with Crippen molar-refractivity contribution < 1.29 is 9.47 Å².